The molecule has 11 heteroatoms. The number of Topliss-reactive ketones (excluding diaryl/α,β-unsaturated/α-hetero) is 1. The van der Waals surface area contributed by atoms with Crippen molar-refractivity contribution in [3.8, 4) is 0 Å². The van der Waals surface area contributed by atoms with Crippen LogP contribution in [0.2, 0.25) is 0 Å². The molecule has 0 radical (unpaired) electrons. The van der Waals surface area contributed by atoms with Gasteiger partial charge in [0.1, 0.15) is 23.9 Å². The van der Waals surface area contributed by atoms with Crippen molar-refractivity contribution < 1.29 is 28.8 Å². The number of nitrogens with two attached hydrogens (primary N) is 1. The number of amides is 5. The summed E-state index contributed by atoms with van der Waals surface area (Å²) >= 11 is 0. The lowest BCUT2D eigenvalue weighted by Crippen LogP contribution is -2.58. The lowest BCUT2D eigenvalue weighted by Gasteiger charge is -2.27. The summed E-state index contributed by atoms with van der Waals surface area (Å²) in [6.45, 7) is 10.2. The lowest BCUT2D eigenvalue weighted by molar-refractivity contribution is -0.135. The second kappa shape index (κ2) is 15.8. The number of ketones is 1. The lowest BCUT2D eigenvalue weighted by atomic mass is 10.0. The molecule has 0 aromatic rings. The summed E-state index contributed by atoms with van der Waals surface area (Å²) in [7, 11) is 0. The Kier molecular flexibility index (Phi) is 14.4. The normalized spacial score (nSPS) is 13.5. The minimum absolute atomic E-state index is 0.0602. The molecule has 0 aromatic heterocycles. The predicted molar refractivity (Wildman–Crippen MR) is 127 cm³/mol. The van der Waals surface area contributed by atoms with Crippen LogP contribution in [0.1, 0.15) is 73.6 Å². The Balaban J connectivity index is 5.30. The predicted octanol–water partition coefficient (Wildman–Crippen LogP) is -0.0863. The summed E-state index contributed by atoms with van der Waals surface area (Å²) in [4.78, 5) is 72.2. The first-order valence-corrected chi connectivity index (χ1v) is 11.7. The van der Waals surface area contributed by atoms with Crippen LogP contribution in [0.25, 0.3) is 0 Å². The number of carbonyl (C=O) groups excluding carboxylic acids is 6. The molecule has 0 fully saturated rings. The first-order valence-electron chi connectivity index (χ1n) is 11.7. The Morgan fingerprint density at radius 1 is 0.706 bits per heavy atom. The van der Waals surface area contributed by atoms with Crippen LogP contribution in [-0.4, -0.2) is 60.0 Å². The maximum atomic E-state index is 13.0. The van der Waals surface area contributed by atoms with Crippen molar-refractivity contribution in [2.75, 3.05) is 6.54 Å². The van der Waals surface area contributed by atoms with Gasteiger partial charge in [-0.2, -0.15) is 0 Å². The van der Waals surface area contributed by atoms with E-state index in [1.807, 2.05) is 0 Å². The van der Waals surface area contributed by atoms with E-state index in [0.29, 0.717) is 25.8 Å². The fourth-order valence-electron chi connectivity index (χ4n) is 3.18. The van der Waals surface area contributed by atoms with Gasteiger partial charge >= 0.3 is 0 Å². The summed E-state index contributed by atoms with van der Waals surface area (Å²) in [6, 6.07) is -2.87. The van der Waals surface area contributed by atoms with E-state index >= 15 is 0 Å². The summed E-state index contributed by atoms with van der Waals surface area (Å²) < 4.78 is 0. The van der Waals surface area contributed by atoms with E-state index in [1.165, 1.54) is 13.8 Å². The maximum absolute atomic E-state index is 13.0. The van der Waals surface area contributed by atoms with Gasteiger partial charge in [-0.15, -0.1) is 0 Å². The van der Waals surface area contributed by atoms with E-state index in [1.54, 1.807) is 27.7 Å². The van der Waals surface area contributed by atoms with E-state index in [0.717, 1.165) is 0 Å². The number of rotatable bonds is 16. The Labute approximate surface area is 201 Å². The third kappa shape index (κ3) is 12.9. The van der Waals surface area contributed by atoms with E-state index in [9.17, 15) is 28.8 Å². The Morgan fingerprint density at radius 3 is 1.74 bits per heavy atom. The molecular weight excluding hydrogens is 442 g/mol. The summed E-state index contributed by atoms with van der Waals surface area (Å²) in [5.41, 5.74) is 5.22. The van der Waals surface area contributed by atoms with Gasteiger partial charge in [0, 0.05) is 26.3 Å². The van der Waals surface area contributed by atoms with E-state index in [-0.39, 0.29) is 36.4 Å². The number of nitrogens with one attached hydrogen (secondary N) is 4. The zero-order valence-electron chi connectivity index (χ0n) is 21.2. The second-order valence-corrected chi connectivity index (χ2v) is 9.17. The minimum atomic E-state index is -1.13. The van der Waals surface area contributed by atoms with Crippen molar-refractivity contribution in [2.45, 2.75) is 91.8 Å². The van der Waals surface area contributed by atoms with Crippen LogP contribution >= 0.6 is 0 Å². The molecule has 0 spiro atoms. The molecule has 0 bridgehead atoms. The van der Waals surface area contributed by atoms with Crippen LogP contribution in [0.4, 0.5) is 0 Å². The average Bonchev–Trinajstić information content (AvgIpc) is 2.71. The largest absolute Gasteiger partial charge is 0.370 e. The molecule has 0 heterocycles. The molecule has 0 aliphatic carbocycles. The van der Waals surface area contributed by atoms with Crippen LogP contribution in [0.15, 0.2) is 0 Å². The third-order valence-corrected chi connectivity index (χ3v) is 5.12. The molecule has 34 heavy (non-hydrogen) atoms. The highest BCUT2D eigenvalue weighted by Gasteiger charge is 2.31. The molecule has 0 saturated heterocycles. The van der Waals surface area contributed by atoms with Gasteiger partial charge in [0.15, 0.2) is 0 Å². The summed E-state index contributed by atoms with van der Waals surface area (Å²) in [5, 5.41) is 10.5. The fourth-order valence-corrected chi connectivity index (χ4v) is 3.18. The van der Waals surface area contributed by atoms with Gasteiger partial charge < -0.3 is 31.8 Å². The van der Waals surface area contributed by atoms with E-state index in [4.69, 9.17) is 5.73 Å². The van der Waals surface area contributed by atoms with Crippen LogP contribution in [0, 0.1) is 11.8 Å². The molecule has 11 nitrogen and oxygen atoms in total. The molecule has 0 aliphatic rings. The van der Waals surface area contributed by atoms with Crippen LogP contribution in [0.5, 0.6) is 0 Å². The molecule has 3 atom stereocenters. The van der Waals surface area contributed by atoms with Crippen molar-refractivity contribution in [1.29, 1.82) is 0 Å². The highest BCUT2D eigenvalue weighted by atomic mass is 16.2. The first-order chi connectivity index (χ1) is 15.8. The minimum Gasteiger partial charge on any atom is -0.370 e. The standard InChI is InChI=1S/C23H41N5O6/c1-13(2)19(22(33)25-12-8-7-9-15(5)29)28-21(32)17(10-11-18(24)31)27-23(34)20(14(3)4)26-16(6)30/h13-14,17,19-20H,7-12H2,1-6H3,(H2,24,31)(H,25,33)(H,26,30)(H,27,34)(H,28,32). The van der Waals surface area contributed by atoms with Gasteiger partial charge in [0.25, 0.3) is 0 Å². The van der Waals surface area contributed by atoms with Crippen molar-refractivity contribution in [1.82, 2.24) is 21.3 Å². The van der Waals surface area contributed by atoms with Gasteiger partial charge in [-0.25, -0.2) is 0 Å². The van der Waals surface area contributed by atoms with Gasteiger partial charge in [-0.05, 0) is 38.0 Å². The molecule has 3 unspecified atom stereocenters. The molecule has 0 aromatic carbocycles. The van der Waals surface area contributed by atoms with Crippen molar-refractivity contribution in [3.63, 3.8) is 0 Å². The van der Waals surface area contributed by atoms with Crippen LogP contribution in [0.3, 0.4) is 0 Å². The molecule has 5 amide bonds. The number of hydrogen-bond donors (Lipinski definition) is 5. The number of hydrogen-bond acceptors (Lipinski definition) is 6. The van der Waals surface area contributed by atoms with Gasteiger partial charge in [0.05, 0.1) is 0 Å². The SMILES string of the molecule is CC(=O)CCCCNC(=O)C(NC(=O)C(CCC(N)=O)NC(=O)C(NC(C)=O)C(C)C)C(C)C. The second-order valence-electron chi connectivity index (χ2n) is 9.17. The Hall–Kier alpha value is -2.98. The summed E-state index contributed by atoms with van der Waals surface area (Å²) in [5.74, 6) is -3.05. The van der Waals surface area contributed by atoms with Crippen LogP contribution < -0.4 is 27.0 Å². The molecule has 0 aliphatic heterocycles. The van der Waals surface area contributed by atoms with Gasteiger partial charge in [0.2, 0.25) is 29.5 Å². The van der Waals surface area contributed by atoms with E-state index in [2.05, 4.69) is 21.3 Å². The van der Waals surface area contributed by atoms with E-state index < -0.39 is 41.8 Å². The van der Waals surface area contributed by atoms with Crippen molar-refractivity contribution in [2.24, 2.45) is 17.6 Å². The van der Waals surface area contributed by atoms with Gasteiger partial charge in [-0.1, -0.05) is 27.7 Å². The maximum Gasteiger partial charge on any atom is 0.243 e. The smallest absolute Gasteiger partial charge is 0.243 e. The topological polar surface area (TPSA) is 177 Å². The fraction of sp³-hybridized carbons (Fsp3) is 0.739. The molecular formula is C23H41N5O6. The zero-order valence-corrected chi connectivity index (χ0v) is 21.2. The average molecular weight is 484 g/mol. The third-order valence-electron chi connectivity index (χ3n) is 5.12. The van der Waals surface area contributed by atoms with Crippen LogP contribution in [-0.2, 0) is 28.8 Å². The zero-order chi connectivity index (χ0) is 26.4. The molecule has 0 saturated carbocycles. The molecule has 0 rings (SSSR count). The molecule has 6 N–H and O–H groups in total. The van der Waals surface area contributed by atoms with Crippen molar-refractivity contribution >= 4 is 35.3 Å². The number of unbranched alkanes of at least 4 members (excludes halogenated alkanes) is 1. The number of primary amides is 1. The monoisotopic (exact) mass is 483 g/mol. The number of carbonyl (C=O) groups is 6. The Bertz CT molecular complexity index is 737. The highest BCUT2D eigenvalue weighted by Crippen LogP contribution is 2.08. The Morgan fingerprint density at radius 2 is 1.26 bits per heavy atom. The quantitative estimate of drug-likeness (QED) is 0.192. The molecule has 194 valence electrons. The van der Waals surface area contributed by atoms with Gasteiger partial charge in [-0.3, -0.25) is 24.0 Å². The van der Waals surface area contributed by atoms with Crippen molar-refractivity contribution in [3.05, 3.63) is 0 Å². The summed E-state index contributed by atoms with van der Waals surface area (Å²) in [6.07, 6.45) is 1.51. The highest BCUT2D eigenvalue weighted by molar-refractivity contribution is 5.94. The first kappa shape index (κ1) is 31.0.